The fraction of sp³-hybridized carbons (Fsp3) is 0.208. The lowest BCUT2D eigenvalue weighted by Gasteiger charge is -2.12. The first-order valence-corrected chi connectivity index (χ1v) is 9.77. The molecule has 3 aromatic rings. The number of esters is 1. The molecule has 2 N–H and O–H groups in total. The summed E-state index contributed by atoms with van der Waals surface area (Å²) in [4.78, 5) is 37.4. The van der Waals surface area contributed by atoms with Crippen molar-refractivity contribution in [3.05, 3.63) is 82.3 Å². The average molecular weight is 420 g/mol. The highest BCUT2D eigenvalue weighted by Crippen LogP contribution is 2.22. The number of aryl methyl sites for hydroxylation is 3. The highest BCUT2D eigenvalue weighted by Gasteiger charge is 2.21. The van der Waals surface area contributed by atoms with Crippen molar-refractivity contribution >= 4 is 29.2 Å². The number of carbonyl (C=O) groups is 3. The van der Waals surface area contributed by atoms with Gasteiger partial charge in [-0.05, 0) is 57.5 Å². The molecule has 0 atom stereocenters. The van der Waals surface area contributed by atoms with Gasteiger partial charge < -0.3 is 19.8 Å². The van der Waals surface area contributed by atoms with Crippen LogP contribution < -0.4 is 10.6 Å². The summed E-state index contributed by atoms with van der Waals surface area (Å²) in [6.45, 7) is 6.62. The van der Waals surface area contributed by atoms with Crippen molar-refractivity contribution in [2.24, 2.45) is 0 Å². The Balaban J connectivity index is 1.65. The minimum absolute atomic E-state index is 0.292. The van der Waals surface area contributed by atoms with Crippen molar-refractivity contribution in [3.63, 3.8) is 0 Å². The van der Waals surface area contributed by atoms with E-state index in [1.165, 1.54) is 0 Å². The molecule has 31 heavy (non-hydrogen) atoms. The quantitative estimate of drug-likeness (QED) is 0.570. The van der Waals surface area contributed by atoms with Gasteiger partial charge in [0.1, 0.15) is 17.1 Å². The summed E-state index contributed by atoms with van der Waals surface area (Å²) >= 11 is 0. The van der Waals surface area contributed by atoms with Crippen LogP contribution in [0.3, 0.4) is 0 Å². The van der Waals surface area contributed by atoms with Crippen molar-refractivity contribution in [1.29, 1.82) is 0 Å². The summed E-state index contributed by atoms with van der Waals surface area (Å²) in [5.74, 6) is -0.480. The van der Waals surface area contributed by atoms with E-state index in [0.717, 1.165) is 5.56 Å². The maximum atomic E-state index is 12.7. The van der Waals surface area contributed by atoms with Gasteiger partial charge >= 0.3 is 5.97 Å². The van der Waals surface area contributed by atoms with E-state index in [1.54, 1.807) is 51.1 Å². The number of anilines is 2. The zero-order chi connectivity index (χ0) is 22.5. The normalized spacial score (nSPS) is 10.5. The smallest absolute Gasteiger partial charge is 0.342 e. The Morgan fingerprint density at radius 1 is 0.903 bits per heavy atom. The van der Waals surface area contributed by atoms with Crippen LogP contribution in [0.25, 0.3) is 0 Å². The largest absolute Gasteiger partial charge is 0.465 e. The van der Waals surface area contributed by atoms with Gasteiger partial charge in [0.2, 0.25) is 0 Å². The number of benzene rings is 2. The maximum Gasteiger partial charge on any atom is 0.342 e. The fourth-order valence-electron chi connectivity index (χ4n) is 3.20. The molecule has 0 aliphatic carbocycles. The molecule has 3 rings (SSSR count). The zero-order valence-electron chi connectivity index (χ0n) is 17.9. The number of hydrogen-bond acceptors (Lipinski definition) is 5. The fourth-order valence-corrected chi connectivity index (χ4v) is 3.20. The summed E-state index contributed by atoms with van der Waals surface area (Å²) in [6, 6.07) is 14.0. The van der Waals surface area contributed by atoms with Gasteiger partial charge in [-0.1, -0.05) is 24.3 Å². The van der Waals surface area contributed by atoms with Gasteiger partial charge in [0.15, 0.2) is 6.61 Å². The number of hydrogen-bond donors (Lipinski definition) is 2. The predicted octanol–water partition coefficient (Wildman–Crippen LogP) is 4.56. The topological polar surface area (TPSA) is 97.6 Å². The van der Waals surface area contributed by atoms with Crippen LogP contribution in [0.2, 0.25) is 0 Å². The summed E-state index contributed by atoms with van der Waals surface area (Å²) < 4.78 is 10.6. The highest BCUT2D eigenvalue weighted by molar-refractivity contribution is 6.10. The molecule has 1 heterocycles. The SMILES string of the molecule is Cc1cccc(NC(=O)c2ccccc2NC(=O)COC(=O)c2c(C)oc(C)c2C)c1. The van der Waals surface area contributed by atoms with Gasteiger partial charge in [-0.3, -0.25) is 9.59 Å². The number of carbonyl (C=O) groups excluding carboxylic acids is 3. The molecule has 0 bridgehead atoms. The Labute approximate surface area is 180 Å². The molecule has 0 aliphatic heterocycles. The molecule has 1 aromatic heterocycles. The molecule has 160 valence electrons. The van der Waals surface area contributed by atoms with Gasteiger partial charge in [-0.15, -0.1) is 0 Å². The molecule has 7 nitrogen and oxygen atoms in total. The Morgan fingerprint density at radius 2 is 1.65 bits per heavy atom. The van der Waals surface area contributed by atoms with E-state index in [2.05, 4.69) is 10.6 Å². The molecule has 0 saturated carbocycles. The van der Waals surface area contributed by atoms with Crippen molar-refractivity contribution in [3.8, 4) is 0 Å². The molecule has 2 aromatic carbocycles. The van der Waals surface area contributed by atoms with Crippen LogP contribution in [0.5, 0.6) is 0 Å². The lowest BCUT2D eigenvalue weighted by Crippen LogP contribution is -2.23. The Bertz CT molecular complexity index is 1150. The molecule has 2 amide bonds. The molecular weight excluding hydrogens is 396 g/mol. The highest BCUT2D eigenvalue weighted by atomic mass is 16.5. The van der Waals surface area contributed by atoms with Crippen molar-refractivity contribution in [2.45, 2.75) is 27.7 Å². The van der Waals surface area contributed by atoms with Crippen LogP contribution in [0, 0.1) is 27.7 Å². The van der Waals surface area contributed by atoms with Gasteiger partial charge in [-0.2, -0.15) is 0 Å². The number of nitrogens with one attached hydrogen (secondary N) is 2. The van der Waals surface area contributed by atoms with E-state index in [1.807, 2.05) is 25.1 Å². The molecule has 0 fully saturated rings. The minimum Gasteiger partial charge on any atom is -0.465 e. The van der Waals surface area contributed by atoms with E-state index in [4.69, 9.17) is 9.15 Å². The van der Waals surface area contributed by atoms with E-state index >= 15 is 0 Å². The van der Waals surface area contributed by atoms with Crippen LogP contribution in [0.1, 0.15) is 43.4 Å². The summed E-state index contributed by atoms with van der Waals surface area (Å²) in [7, 11) is 0. The van der Waals surface area contributed by atoms with Crippen molar-refractivity contribution < 1.29 is 23.5 Å². The number of ether oxygens (including phenoxy) is 1. The second kappa shape index (κ2) is 9.30. The Morgan fingerprint density at radius 3 is 2.32 bits per heavy atom. The average Bonchev–Trinajstić information content (AvgIpc) is 2.98. The van der Waals surface area contributed by atoms with Crippen LogP contribution in [-0.4, -0.2) is 24.4 Å². The van der Waals surface area contributed by atoms with Crippen LogP contribution >= 0.6 is 0 Å². The Hall–Kier alpha value is -3.87. The van der Waals surface area contributed by atoms with E-state index in [-0.39, 0.29) is 5.91 Å². The molecule has 0 aliphatic rings. The predicted molar refractivity (Wildman–Crippen MR) is 117 cm³/mol. The summed E-state index contributed by atoms with van der Waals surface area (Å²) in [5, 5.41) is 5.44. The maximum absolute atomic E-state index is 12.7. The monoisotopic (exact) mass is 420 g/mol. The van der Waals surface area contributed by atoms with Gasteiger partial charge in [0.05, 0.1) is 11.3 Å². The lowest BCUT2D eigenvalue weighted by molar-refractivity contribution is -0.119. The third-order valence-corrected chi connectivity index (χ3v) is 4.82. The van der Waals surface area contributed by atoms with Gasteiger partial charge in [0, 0.05) is 11.3 Å². The standard InChI is InChI=1S/C24H24N2O5/c1-14-8-7-9-18(12-14)25-23(28)19-10-5-6-11-20(19)26-21(27)13-30-24(29)22-15(2)16(3)31-17(22)4/h5-12H,13H2,1-4H3,(H,25,28)(H,26,27). The summed E-state index contributed by atoms with van der Waals surface area (Å²) in [6.07, 6.45) is 0. The second-order valence-corrected chi connectivity index (χ2v) is 7.21. The first-order chi connectivity index (χ1) is 14.8. The molecule has 0 saturated heterocycles. The van der Waals surface area contributed by atoms with Crippen LogP contribution in [0.4, 0.5) is 11.4 Å². The lowest BCUT2D eigenvalue weighted by atomic mass is 10.1. The number of para-hydroxylation sites is 1. The number of amides is 2. The molecule has 0 unspecified atom stereocenters. The van der Waals surface area contributed by atoms with E-state index in [9.17, 15) is 14.4 Å². The van der Waals surface area contributed by atoms with Crippen LogP contribution in [0.15, 0.2) is 52.9 Å². The summed E-state index contributed by atoms with van der Waals surface area (Å²) in [5.41, 5.74) is 3.28. The molecule has 7 heteroatoms. The van der Waals surface area contributed by atoms with Gasteiger partial charge in [-0.25, -0.2) is 4.79 Å². The van der Waals surface area contributed by atoms with Gasteiger partial charge in [0.25, 0.3) is 11.8 Å². The molecule has 0 spiro atoms. The zero-order valence-corrected chi connectivity index (χ0v) is 17.9. The van der Waals surface area contributed by atoms with Crippen molar-refractivity contribution in [1.82, 2.24) is 0 Å². The van der Waals surface area contributed by atoms with E-state index in [0.29, 0.717) is 39.6 Å². The van der Waals surface area contributed by atoms with E-state index < -0.39 is 18.5 Å². The first kappa shape index (κ1) is 21.8. The number of rotatable bonds is 6. The Kier molecular flexibility index (Phi) is 6.55. The second-order valence-electron chi connectivity index (χ2n) is 7.21. The van der Waals surface area contributed by atoms with Crippen molar-refractivity contribution in [2.75, 3.05) is 17.2 Å². The molecule has 0 radical (unpaired) electrons. The third-order valence-electron chi connectivity index (χ3n) is 4.82. The first-order valence-electron chi connectivity index (χ1n) is 9.77. The third kappa shape index (κ3) is 5.19. The molecular formula is C24H24N2O5. The van der Waals surface area contributed by atoms with Crippen LogP contribution in [-0.2, 0) is 9.53 Å². The number of furan rings is 1. The minimum atomic E-state index is -0.632.